The molecule has 0 saturated heterocycles. The first kappa shape index (κ1) is 9.31. The number of hydrogen-bond acceptors (Lipinski definition) is 3. The molecule has 1 fully saturated rings. The Morgan fingerprint density at radius 2 is 2.36 bits per heavy atom. The highest BCUT2D eigenvalue weighted by molar-refractivity contribution is 5.52. The summed E-state index contributed by atoms with van der Waals surface area (Å²) in [5, 5.41) is 6.73. The second kappa shape index (κ2) is 4.31. The highest BCUT2D eigenvalue weighted by atomic mass is 15.0. The number of hydrogen-bond donors (Lipinski definition) is 2. The van der Waals surface area contributed by atoms with Crippen molar-refractivity contribution in [2.24, 2.45) is 0 Å². The molecule has 3 heteroatoms. The molecule has 76 valence electrons. The minimum Gasteiger partial charge on any atom is -0.382 e. The molecule has 1 aromatic rings. The van der Waals surface area contributed by atoms with E-state index in [9.17, 15) is 0 Å². The van der Waals surface area contributed by atoms with E-state index in [1.165, 1.54) is 18.5 Å². The number of nitrogens with one attached hydrogen (secondary N) is 2. The van der Waals surface area contributed by atoms with Crippen LogP contribution in [0.4, 0.5) is 11.5 Å². The van der Waals surface area contributed by atoms with Gasteiger partial charge in [0, 0.05) is 30.5 Å². The summed E-state index contributed by atoms with van der Waals surface area (Å²) in [5.74, 6) is 0.970. The second-order valence-corrected chi connectivity index (χ2v) is 3.78. The van der Waals surface area contributed by atoms with Gasteiger partial charge in [-0.05, 0) is 25.3 Å². The molecule has 0 radical (unpaired) electrons. The van der Waals surface area contributed by atoms with Crippen LogP contribution in [0.3, 0.4) is 0 Å². The molecule has 0 amide bonds. The van der Waals surface area contributed by atoms with Crippen LogP contribution < -0.4 is 10.6 Å². The molecular weight excluding hydrogens is 174 g/mol. The maximum atomic E-state index is 4.25. The molecule has 0 atom stereocenters. The van der Waals surface area contributed by atoms with Gasteiger partial charge in [0.05, 0.1) is 0 Å². The van der Waals surface area contributed by atoms with E-state index in [0.717, 1.165) is 18.8 Å². The van der Waals surface area contributed by atoms with Crippen molar-refractivity contribution in [2.45, 2.75) is 32.2 Å². The molecule has 1 aromatic heterocycles. The number of nitrogens with zero attached hydrogens (tertiary/aromatic N) is 1. The zero-order valence-electron chi connectivity index (χ0n) is 8.59. The van der Waals surface area contributed by atoms with Crippen molar-refractivity contribution in [3.63, 3.8) is 0 Å². The van der Waals surface area contributed by atoms with E-state index in [1.54, 1.807) is 0 Å². The van der Waals surface area contributed by atoms with Gasteiger partial charge >= 0.3 is 0 Å². The lowest BCUT2D eigenvalue weighted by Gasteiger charge is -2.07. The summed E-state index contributed by atoms with van der Waals surface area (Å²) >= 11 is 0. The minimum absolute atomic E-state index is 0.705. The minimum atomic E-state index is 0.705. The third-order valence-electron chi connectivity index (χ3n) is 2.26. The summed E-state index contributed by atoms with van der Waals surface area (Å²) in [6.45, 7) is 3.14. The van der Waals surface area contributed by atoms with Gasteiger partial charge in [0.2, 0.25) is 0 Å². The van der Waals surface area contributed by atoms with E-state index in [2.05, 4.69) is 28.6 Å². The SMILES string of the molecule is CCCNc1cc(NC2CC2)ccn1. The smallest absolute Gasteiger partial charge is 0.127 e. The van der Waals surface area contributed by atoms with Gasteiger partial charge in [0.1, 0.15) is 5.82 Å². The van der Waals surface area contributed by atoms with E-state index >= 15 is 0 Å². The van der Waals surface area contributed by atoms with Crippen molar-refractivity contribution in [1.82, 2.24) is 4.98 Å². The van der Waals surface area contributed by atoms with Crippen LogP contribution in [-0.2, 0) is 0 Å². The summed E-state index contributed by atoms with van der Waals surface area (Å²) in [5.41, 5.74) is 1.18. The van der Waals surface area contributed by atoms with Gasteiger partial charge in [-0.1, -0.05) is 6.92 Å². The van der Waals surface area contributed by atoms with Crippen molar-refractivity contribution < 1.29 is 0 Å². The lowest BCUT2D eigenvalue weighted by atomic mass is 10.3. The molecule has 1 aliphatic rings. The van der Waals surface area contributed by atoms with E-state index < -0.39 is 0 Å². The van der Waals surface area contributed by atoms with Gasteiger partial charge in [-0.15, -0.1) is 0 Å². The van der Waals surface area contributed by atoms with Crippen LogP contribution in [0, 0.1) is 0 Å². The number of anilines is 2. The third kappa shape index (κ3) is 2.62. The Hall–Kier alpha value is -1.25. The molecule has 1 heterocycles. The highest BCUT2D eigenvalue weighted by Gasteiger charge is 2.20. The van der Waals surface area contributed by atoms with Crippen molar-refractivity contribution in [3.05, 3.63) is 18.3 Å². The fraction of sp³-hybridized carbons (Fsp3) is 0.545. The predicted octanol–water partition coefficient (Wildman–Crippen LogP) is 2.48. The first-order chi connectivity index (χ1) is 6.88. The van der Waals surface area contributed by atoms with Gasteiger partial charge < -0.3 is 10.6 Å². The van der Waals surface area contributed by atoms with E-state index in [-0.39, 0.29) is 0 Å². The fourth-order valence-electron chi connectivity index (χ4n) is 1.33. The Labute approximate surface area is 84.9 Å². The Morgan fingerprint density at radius 1 is 1.50 bits per heavy atom. The standard InChI is InChI=1S/C11H17N3/c1-2-6-12-11-8-10(5-7-13-11)14-9-3-4-9/h5,7-9H,2-4,6H2,1H3,(H2,12,13,14). The quantitative estimate of drug-likeness (QED) is 0.750. The summed E-state index contributed by atoms with van der Waals surface area (Å²) in [4.78, 5) is 4.25. The Morgan fingerprint density at radius 3 is 3.07 bits per heavy atom. The van der Waals surface area contributed by atoms with Crippen molar-refractivity contribution in [1.29, 1.82) is 0 Å². The van der Waals surface area contributed by atoms with E-state index in [1.807, 2.05) is 12.3 Å². The van der Waals surface area contributed by atoms with E-state index in [4.69, 9.17) is 0 Å². The topological polar surface area (TPSA) is 37.0 Å². The molecule has 14 heavy (non-hydrogen) atoms. The van der Waals surface area contributed by atoms with Crippen LogP contribution in [0.2, 0.25) is 0 Å². The molecule has 0 aliphatic heterocycles. The second-order valence-electron chi connectivity index (χ2n) is 3.78. The molecule has 1 aliphatic carbocycles. The number of pyridine rings is 1. The van der Waals surface area contributed by atoms with Crippen molar-refractivity contribution in [2.75, 3.05) is 17.2 Å². The third-order valence-corrected chi connectivity index (χ3v) is 2.26. The number of rotatable bonds is 5. The van der Waals surface area contributed by atoms with Crippen LogP contribution in [0.15, 0.2) is 18.3 Å². The zero-order chi connectivity index (χ0) is 9.80. The van der Waals surface area contributed by atoms with Crippen molar-refractivity contribution >= 4 is 11.5 Å². The zero-order valence-corrected chi connectivity index (χ0v) is 8.59. The average molecular weight is 191 g/mol. The largest absolute Gasteiger partial charge is 0.382 e. The van der Waals surface area contributed by atoms with Crippen LogP contribution >= 0.6 is 0 Å². The monoisotopic (exact) mass is 191 g/mol. The summed E-state index contributed by atoms with van der Waals surface area (Å²) in [6.07, 6.45) is 5.59. The Balaban J connectivity index is 1.94. The first-order valence-electron chi connectivity index (χ1n) is 5.35. The Bertz CT molecular complexity index is 294. The molecule has 0 bridgehead atoms. The number of aromatic nitrogens is 1. The summed E-state index contributed by atoms with van der Waals surface area (Å²) in [6, 6.07) is 4.81. The van der Waals surface area contributed by atoms with Crippen LogP contribution in [0.5, 0.6) is 0 Å². The molecule has 0 aromatic carbocycles. The molecule has 2 N–H and O–H groups in total. The molecule has 2 rings (SSSR count). The normalized spacial score (nSPS) is 15.2. The average Bonchev–Trinajstić information content (AvgIpc) is 2.99. The van der Waals surface area contributed by atoms with Gasteiger partial charge in [-0.3, -0.25) is 0 Å². The Kier molecular flexibility index (Phi) is 2.87. The van der Waals surface area contributed by atoms with Crippen LogP contribution in [0.25, 0.3) is 0 Å². The predicted molar refractivity (Wildman–Crippen MR) is 59.7 cm³/mol. The highest BCUT2D eigenvalue weighted by Crippen LogP contribution is 2.25. The molecular formula is C11H17N3. The maximum Gasteiger partial charge on any atom is 0.127 e. The molecule has 1 saturated carbocycles. The lowest BCUT2D eigenvalue weighted by molar-refractivity contribution is 0.969. The van der Waals surface area contributed by atoms with Gasteiger partial charge in [0.25, 0.3) is 0 Å². The summed E-state index contributed by atoms with van der Waals surface area (Å²) in [7, 11) is 0. The molecule has 3 nitrogen and oxygen atoms in total. The van der Waals surface area contributed by atoms with Gasteiger partial charge in [0.15, 0.2) is 0 Å². The lowest BCUT2D eigenvalue weighted by Crippen LogP contribution is -2.04. The van der Waals surface area contributed by atoms with Gasteiger partial charge in [-0.25, -0.2) is 4.98 Å². The fourth-order valence-corrected chi connectivity index (χ4v) is 1.33. The van der Waals surface area contributed by atoms with Crippen LogP contribution in [-0.4, -0.2) is 17.6 Å². The molecule has 0 unspecified atom stereocenters. The maximum absolute atomic E-state index is 4.25. The molecule has 0 spiro atoms. The first-order valence-corrected chi connectivity index (χ1v) is 5.35. The van der Waals surface area contributed by atoms with Crippen LogP contribution in [0.1, 0.15) is 26.2 Å². The van der Waals surface area contributed by atoms with Crippen molar-refractivity contribution in [3.8, 4) is 0 Å². The van der Waals surface area contributed by atoms with Gasteiger partial charge in [-0.2, -0.15) is 0 Å². The summed E-state index contributed by atoms with van der Waals surface area (Å²) < 4.78 is 0. The van der Waals surface area contributed by atoms with E-state index in [0.29, 0.717) is 6.04 Å².